The molecule has 0 aliphatic carbocycles. The summed E-state index contributed by atoms with van der Waals surface area (Å²) < 4.78 is 9.96. The summed E-state index contributed by atoms with van der Waals surface area (Å²) in [6.45, 7) is 2.48. The van der Waals surface area contributed by atoms with Crippen LogP contribution in [0.4, 0.5) is 4.79 Å². The van der Waals surface area contributed by atoms with Gasteiger partial charge in [-0.05, 0) is 49.8 Å². The van der Waals surface area contributed by atoms with Gasteiger partial charge in [0.05, 0.1) is 13.7 Å². The molecule has 0 radical (unpaired) electrons. The fraction of sp³-hybridized carbons (Fsp3) is 0.500. The van der Waals surface area contributed by atoms with Gasteiger partial charge in [-0.2, -0.15) is 0 Å². The first-order valence-electron chi connectivity index (χ1n) is 6.20. The number of benzene rings is 1. The highest BCUT2D eigenvalue weighted by molar-refractivity contribution is 5.64. The number of amides is 1. The molecule has 0 aliphatic heterocycles. The standard InChI is InChI=1S/C14H21NO3/c1-11-12(8-6-9-13(11)17-2)7-4-3-5-10-18-14(15)16/h6,8-9H,3-5,7,10H2,1-2H3,(H2,15,16). The van der Waals surface area contributed by atoms with Crippen LogP contribution in [0.2, 0.25) is 0 Å². The topological polar surface area (TPSA) is 61.6 Å². The molecule has 0 unspecified atom stereocenters. The Morgan fingerprint density at radius 2 is 2.06 bits per heavy atom. The second kappa shape index (κ2) is 7.58. The lowest BCUT2D eigenvalue weighted by molar-refractivity contribution is 0.154. The average molecular weight is 251 g/mol. The van der Waals surface area contributed by atoms with Crippen molar-refractivity contribution in [3.63, 3.8) is 0 Å². The predicted molar refractivity (Wildman–Crippen MR) is 70.8 cm³/mol. The molecule has 2 N–H and O–H groups in total. The van der Waals surface area contributed by atoms with Gasteiger partial charge < -0.3 is 15.2 Å². The van der Waals surface area contributed by atoms with Crippen molar-refractivity contribution in [2.45, 2.75) is 32.6 Å². The van der Waals surface area contributed by atoms with Crippen molar-refractivity contribution in [2.75, 3.05) is 13.7 Å². The molecular formula is C14H21NO3. The number of methoxy groups -OCH3 is 1. The van der Waals surface area contributed by atoms with Crippen LogP contribution in [0.25, 0.3) is 0 Å². The molecule has 0 spiro atoms. The van der Waals surface area contributed by atoms with Crippen LogP contribution in [0.1, 0.15) is 30.4 Å². The number of ether oxygens (including phenoxy) is 2. The van der Waals surface area contributed by atoms with E-state index in [1.165, 1.54) is 11.1 Å². The number of carbonyl (C=O) groups is 1. The van der Waals surface area contributed by atoms with E-state index < -0.39 is 6.09 Å². The van der Waals surface area contributed by atoms with Crippen LogP contribution in [0, 0.1) is 6.92 Å². The lowest BCUT2D eigenvalue weighted by Crippen LogP contribution is -2.13. The van der Waals surface area contributed by atoms with Gasteiger partial charge in [-0.3, -0.25) is 0 Å². The summed E-state index contributed by atoms with van der Waals surface area (Å²) in [5.41, 5.74) is 7.39. The van der Waals surface area contributed by atoms with Crippen molar-refractivity contribution in [1.82, 2.24) is 0 Å². The Labute approximate surface area is 108 Å². The smallest absolute Gasteiger partial charge is 0.404 e. The summed E-state index contributed by atoms with van der Waals surface area (Å²) in [4.78, 5) is 10.4. The molecule has 0 aliphatic rings. The van der Waals surface area contributed by atoms with E-state index in [4.69, 9.17) is 10.5 Å². The maximum atomic E-state index is 10.4. The van der Waals surface area contributed by atoms with Gasteiger partial charge in [0.2, 0.25) is 0 Å². The van der Waals surface area contributed by atoms with Crippen molar-refractivity contribution >= 4 is 6.09 Å². The van der Waals surface area contributed by atoms with Crippen molar-refractivity contribution in [1.29, 1.82) is 0 Å². The molecule has 4 nitrogen and oxygen atoms in total. The highest BCUT2D eigenvalue weighted by atomic mass is 16.5. The Balaban J connectivity index is 2.29. The molecule has 1 amide bonds. The van der Waals surface area contributed by atoms with Crippen LogP contribution in [0.3, 0.4) is 0 Å². The maximum absolute atomic E-state index is 10.4. The SMILES string of the molecule is COc1cccc(CCCCCOC(N)=O)c1C. The van der Waals surface area contributed by atoms with Crippen molar-refractivity contribution in [3.8, 4) is 5.75 Å². The Morgan fingerprint density at radius 1 is 1.28 bits per heavy atom. The van der Waals surface area contributed by atoms with Gasteiger partial charge in [-0.1, -0.05) is 12.1 Å². The van der Waals surface area contributed by atoms with Crippen LogP contribution in [0.5, 0.6) is 5.75 Å². The zero-order chi connectivity index (χ0) is 13.4. The number of rotatable bonds is 7. The molecule has 0 heterocycles. The van der Waals surface area contributed by atoms with Gasteiger partial charge >= 0.3 is 6.09 Å². The zero-order valence-corrected chi connectivity index (χ0v) is 11.1. The van der Waals surface area contributed by atoms with Crippen molar-refractivity contribution < 1.29 is 14.3 Å². The molecule has 100 valence electrons. The Kier molecular flexibility index (Phi) is 6.05. The summed E-state index contributed by atoms with van der Waals surface area (Å²) in [7, 11) is 1.69. The van der Waals surface area contributed by atoms with Gasteiger partial charge in [0.1, 0.15) is 5.75 Å². The highest BCUT2D eigenvalue weighted by Crippen LogP contribution is 2.22. The summed E-state index contributed by atoms with van der Waals surface area (Å²) in [6.07, 6.45) is 3.25. The molecule has 0 atom stereocenters. The molecule has 0 saturated heterocycles. The van der Waals surface area contributed by atoms with Gasteiger partial charge in [0.15, 0.2) is 0 Å². The van der Waals surface area contributed by atoms with Crippen LogP contribution in [0.15, 0.2) is 18.2 Å². The molecule has 0 bridgehead atoms. The first-order valence-corrected chi connectivity index (χ1v) is 6.20. The van der Waals surface area contributed by atoms with Crippen LogP contribution >= 0.6 is 0 Å². The minimum atomic E-state index is -0.696. The third kappa shape index (κ3) is 4.65. The number of aryl methyl sites for hydroxylation is 1. The normalized spacial score (nSPS) is 10.1. The van der Waals surface area contributed by atoms with Crippen LogP contribution in [-0.4, -0.2) is 19.8 Å². The van der Waals surface area contributed by atoms with Gasteiger partial charge in [0, 0.05) is 0 Å². The highest BCUT2D eigenvalue weighted by Gasteiger charge is 2.03. The Bertz CT molecular complexity index is 391. The summed E-state index contributed by atoms with van der Waals surface area (Å²) >= 11 is 0. The zero-order valence-electron chi connectivity index (χ0n) is 11.1. The number of hydrogen-bond acceptors (Lipinski definition) is 3. The molecule has 1 rings (SSSR count). The molecule has 0 fully saturated rings. The first kappa shape index (κ1) is 14.4. The van der Waals surface area contributed by atoms with E-state index in [1.54, 1.807) is 7.11 Å². The molecule has 1 aromatic carbocycles. The number of nitrogens with two attached hydrogens (primary N) is 1. The fourth-order valence-corrected chi connectivity index (χ4v) is 1.92. The predicted octanol–water partition coefficient (Wildman–Crippen LogP) is 2.81. The summed E-state index contributed by atoms with van der Waals surface area (Å²) in [5.74, 6) is 0.935. The monoisotopic (exact) mass is 251 g/mol. The average Bonchev–Trinajstić information content (AvgIpc) is 2.35. The van der Waals surface area contributed by atoms with E-state index in [-0.39, 0.29) is 0 Å². The van der Waals surface area contributed by atoms with E-state index in [0.29, 0.717) is 6.61 Å². The van der Waals surface area contributed by atoms with Gasteiger partial charge in [0.25, 0.3) is 0 Å². The van der Waals surface area contributed by atoms with Crippen molar-refractivity contribution in [2.24, 2.45) is 5.73 Å². The molecule has 0 saturated carbocycles. The molecule has 0 aromatic heterocycles. The van der Waals surface area contributed by atoms with E-state index >= 15 is 0 Å². The molecule has 4 heteroatoms. The third-order valence-corrected chi connectivity index (χ3v) is 2.95. The number of hydrogen-bond donors (Lipinski definition) is 1. The number of carbonyl (C=O) groups excluding carboxylic acids is 1. The molecular weight excluding hydrogens is 230 g/mol. The van der Waals surface area contributed by atoms with Crippen molar-refractivity contribution in [3.05, 3.63) is 29.3 Å². The first-order chi connectivity index (χ1) is 8.65. The summed E-state index contributed by atoms with van der Waals surface area (Å²) in [5, 5.41) is 0. The quantitative estimate of drug-likeness (QED) is 0.758. The summed E-state index contributed by atoms with van der Waals surface area (Å²) in [6, 6.07) is 6.11. The Hall–Kier alpha value is -1.71. The number of primary amides is 1. The van der Waals surface area contributed by atoms with Crippen LogP contribution < -0.4 is 10.5 Å². The Morgan fingerprint density at radius 3 is 2.72 bits per heavy atom. The van der Waals surface area contributed by atoms with E-state index in [0.717, 1.165) is 31.4 Å². The number of unbranched alkanes of at least 4 members (excludes halogenated alkanes) is 2. The fourth-order valence-electron chi connectivity index (χ4n) is 1.92. The second-order valence-electron chi connectivity index (χ2n) is 4.22. The molecule has 1 aromatic rings. The lowest BCUT2D eigenvalue weighted by Gasteiger charge is -2.10. The van der Waals surface area contributed by atoms with Gasteiger partial charge in [-0.15, -0.1) is 0 Å². The van der Waals surface area contributed by atoms with Crippen LogP contribution in [-0.2, 0) is 11.2 Å². The maximum Gasteiger partial charge on any atom is 0.404 e. The minimum absolute atomic E-state index is 0.409. The molecule has 18 heavy (non-hydrogen) atoms. The van der Waals surface area contributed by atoms with Gasteiger partial charge in [-0.25, -0.2) is 4.79 Å². The minimum Gasteiger partial charge on any atom is -0.496 e. The van der Waals surface area contributed by atoms with E-state index in [9.17, 15) is 4.79 Å². The largest absolute Gasteiger partial charge is 0.496 e. The van der Waals surface area contributed by atoms with E-state index in [1.807, 2.05) is 12.1 Å². The third-order valence-electron chi connectivity index (χ3n) is 2.95. The second-order valence-corrected chi connectivity index (χ2v) is 4.22. The lowest BCUT2D eigenvalue weighted by atomic mass is 10.0. The van der Waals surface area contributed by atoms with E-state index in [2.05, 4.69) is 17.7 Å².